The number of ether oxygens (including phenoxy) is 3. The maximum atomic E-state index is 15.3. The van der Waals surface area contributed by atoms with E-state index in [9.17, 15) is 36.7 Å². The van der Waals surface area contributed by atoms with Crippen LogP contribution >= 0.6 is 11.6 Å². The standard InChI is InChI=1S/C26H27ClF5NO7/c1-4-39-18(35)11-13(34)7-6-8-16-20(25(37)40-5-2)22(21(24(36)38-3)17(12-28)33-16)19-15(29)10-9-14(27)23(19)26(30,31)32/h9-10,22,33H,4-8,11-12H2,1-3H3. The smallest absolute Gasteiger partial charge is 0.418 e. The number of Topliss-reactive ketones (excluding diaryl/α,β-unsaturated/α-hetero) is 1. The van der Waals surface area contributed by atoms with Gasteiger partial charge in [0, 0.05) is 17.7 Å². The summed E-state index contributed by atoms with van der Waals surface area (Å²) in [4.78, 5) is 49.7. The molecule has 1 unspecified atom stereocenters. The Morgan fingerprint density at radius 2 is 1.62 bits per heavy atom. The average Bonchev–Trinajstić information content (AvgIpc) is 2.88. The zero-order chi connectivity index (χ0) is 30.2. The third kappa shape index (κ3) is 7.58. The number of dihydropyridines is 1. The van der Waals surface area contributed by atoms with Gasteiger partial charge in [-0.1, -0.05) is 11.6 Å². The van der Waals surface area contributed by atoms with E-state index in [0.29, 0.717) is 12.1 Å². The molecule has 0 spiro atoms. The summed E-state index contributed by atoms with van der Waals surface area (Å²) >= 11 is 5.83. The van der Waals surface area contributed by atoms with Crippen molar-refractivity contribution < 1.29 is 55.3 Å². The Morgan fingerprint density at radius 1 is 1.00 bits per heavy atom. The van der Waals surface area contributed by atoms with Crippen LogP contribution in [0.25, 0.3) is 0 Å². The molecule has 0 radical (unpaired) electrons. The van der Waals surface area contributed by atoms with E-state index in [1.165, 1.54) is 6.92 Å². The Hall–Kier alpha value is -3.48. The highest BCUT2D eigenvalue weighted by Crippen LogP contribution is 2.48. The van der Waals surface area contributed by atoms with Gasteiger partial charge in [-0.05, 0) is 38.8 Å². The van der Waals surface area contributed by atoms with E-state index >= 15 is 4.39 Å². The average molecular weight is 596 g/mol. The summed E-state index contributed by atoms with van der Waals surface area (Å²) in [6.45, 7) is 1.34. The van der Waals surface area contributed by atoms with Crippen LogP contribution in [0.4, 0.5) is 22.0 Å². The molecular formula is C26H27ClF5NO7. The summed E-state index contributed by atoms with van der Waals surface area (Å²) in [6.07, 6.45) is -6.31. The lowest BCUT2D eigenvalue weighted by atomic mass is 9.77. The predicted molar refractivity (Wildman–Crippen MR) is 131 cm³/mol. The summed E-state index contributed by atoms with van der Waals surface area (Å²) in [5, 5.41) is 1.60. The lowest BCUT2D eigenvalue weighted by Gasteiger charge is -2.33. The van der Waals surface area contributed by atoms with E-state index in [0.717, 1.165) is 7.11 Å². The molecule has 0 fully saturated rings. The largest absolute Gasteiger partial charge is 0.466 e. The lowest BCUT2D eigenvalue weighted by Crippen LogP contribution is -2.36. The second-order valence-electron chi connectivity index (χ2n) is 8.38. The molecule has 0 bridgehead atoms. The molecule has 0 aliphatic carbocycles. The van der Waals surface area contributed by atoms with Crippen LogP contribution in [0.3, 0.4) is 0 Å². The van der Waals surface area contributed by atoms with Gasteiger partial charge in [-0.15, -0.1) is 0 Å². The van der Waals surface area contributed by atoms with Crippen molar-refractivity contribution in [2.45, 2.75) is 51.6 Å². The van der Waals surface area contributed by atoms with Crippen molar-refractivity contribution in [2.75, 3.05) is 27.0 Å². The van der Waals surface area contributed by atoms with Gasteiger partial charge in [-0.2, -0.15) is 13.2 Å². The molecule has 1 heterocycles. The van der Waals surface area contributed by atoms with Gasteiger partial charge in [-0.25, -0.2) is 18.4 Å². The minimum Gasteiger partial charge on any atom is -0.466 e. The Kier molecular flexibility index (Phi) is 11.7. The molecule has 2 rings (SSSR count). The number of carbonyl (C=O) groups is 4. The normalized spacial score (nSPS) is 15.5. The second kappa shape index (κ2) is 14.2. The Bertz CT molecular complexity index is 1230. The van der Waals surface area contributed by atoms with E-state index in [1.54, 1.807) is 6.92 Å². The van der Waals surface area contributed by atoms with Crippen LogP contribution in [0.5, 0.6) is 0 Å². The van der Waals surface area contributed by atoms with E-state index in [-0.39, 0.29) is 38.2 Å². The van der Waals surface area contributed by atoms with Crippen LogP contribution < -0.4 is 5.32 Å². The number of methoxy groups -OCH3 is 1. The molecule has 8 nitrogen and oxygen atoms in total. The van der Waals surface area contributed by atoms with Crippen LogP contribution in [0.15, 0.2) is 34.7 Å². The summed E-state index contributed by atoms with van der Waals surface area (Å²) in [6, 6.07) is 1.28. The predicted octanol–water partition coefficient (Wildman–Crippen LogP) is 5.09. The number of ketones is 1. The molecule has 0 saturated carbocycles. The lowest BCUT2D eigenvalue weighted by molar-refractivity contribution is -0.145. The molecule has 220 valence electrons. The quantitative estimate of drug-likeness (QED) is 0.154. The second-order valence-corrected chi connectivity index (χ2v) is 8.79. The number of rotatable bonds is 12. The number of halogens is 6. The van der Waals surface area contributed by atoms with Gasteiger partial charge in [-0.3, -0.25) is 9.59 Å². The van der Waals surface area contributed by atoms with Crippen molar-refractivity contribution in [3.63, 3.8) is 0 Å². The minimum absolute atomic E-state index is 0.0620. The fourth-order valence-corrected chi connectivity index (χ4v) is 4.54. The van der Waals surface area contributed by atoms with Crippen LogP contribution in [-0.4, -0.2) is 50.7 Å². The summed E-state index contributed by atoms with van der Waals surface area (Å²) in [7, 11) is 0.875. The molecule has 40 heavy (non-hydrogen) atoms. The van der Waals surface area contributed by atoms with Crippen LogP contribution in [0, 0.1) is 5.82 Å². The first-order valence-corrected chi connectivity index (χ1v) is 12.5. The molecule has 0 aromatic heterocycles. The first-order valence-electron chi connectivity index (χ1n) is 12.1. The van der Waals surface area contributed by atoms with Gasteiger partial charge in [0.05, 0.1) is 53.7 Å². The van der Waals surface area contributed by atoms with Gasteiger partial charge in [0.2, 0.25) is 0 Å². The highest BCUT2D eigenvalue weighted by Gasteiger charge is 2.47. The number of nitrogens with one attached hydrogen (secondary N) is 1. The monoisotopic (exact) mass is 595 g/mol. The van der Waals surface area contributed by atoms with E-state index < -0.39 is 87.7 Å². The number of alkyl halides is 4. The molecule has 1 aliphatic heterocycles. The van der Waals surface area contributed by atoms with Crippen molar-refractivity contribution in [2.24, 2.45) is 0 Å². The Balaban J connectivity index is 2.76. The maximum absolute atomic E-state index is 15.3. The van der Waals surface area contributed by atoms with Gasteiger partial charge in [0.25, 0.3) is 0 Å². The minimum atomic E-state index is -5.25. The third-order valence-electron chi connectivity index (χ3n) is 5.81. The van der Waals surface area contributed by atoms with E-state index in [4.69, 9.17) is 21.1 Å². The molecule has 1 N–H and O–H groups in total. The molecular weight excluding hydrogens is 569 g/mol. The number of benzene rings is 1. The zero-order valence-electron chi connectivity index (χ0n) is 21.8. The fourth-order valence-electron chi connectivity index (χ4n) is 4.26. The van der Waals surface area contributed by atoms with Crippen LogP contribution in [0.2, 0.25) is 5.02 Å². The van der Waals surface area contributed by atoms with Crippen LogP contribution in [0.1, 0.15) is 56.6 Å². The first-order chi connectivity index (χ1) is 18.8. The molecule has 1 aromatic rings. The topological polar surface area (TPSA) is 108 Å². The van der Waals surface area contributed by atoms with E-state index in [2.05, 4.69) is 10.1 Å². The van der Waals surface area contributed by atoms with Gasteiger partial charge in [0.1, 0.15) is 24.7 Å². The van der Waals surface area contributed by atoms with Gasteiger partial charge < -0.3 is 19.5 Å². The van der Waals surface area contributed by atoms with Crippen molar-refractivity contribution in [3.8, 4) is 0 Å². The molecule has 1 aliphatic rings. The summed E-state index contributed by atoms with van der Waals surface area (Å²) in [5.74, 6) is -7.45. The van der Waals surface area contributed by atoms with Gasteiger partial charge in [0.15, 0.2) is 0 Å². The summed E-state index contributed by atoms with van der Waals surface area (Å²) < 4.78 is 86.5. The Morgan fingerprint density at radius 3 is 2.17 bits per heavy atom. The van der Waals surface area contributed by atoms with Gasteiger partial charge >= 0.3 is 24.1 Å². The SMILES string of the molecule is CCOC(=O)CC(=O)CCCC1=C(C(=O)OCC)C(c2c(F)ccc(Cl)c2C(F)(F)F)C(C(=O)OC)=C(CF)N1. The third-order valence-corrected chi connectivity index (χ3v) is 6.12. The molecule has 1 atom stereocenters. The highest BCUT2D eigenvalue weighted by molar-refractivity contribution is 6.31. The highest BCUT2D eigenvalue weighted by atomic mass is 35.5. The van der Waals surface area contributed by atoms with E-state index in [1.807, 2.05) is 0 Å². The van der Waals surface area contributed by atoms with Crippen molar-refractivity contribution >= 4 is 35.3 Å². The number of esters is 3. The molecule has 0 amide bonds. The fraction of sp³-hybridized carbons (Fsp3) is 0.462. The molecule has 0 saturated heterocycles. The van der Waals surface area contributed by atoms with Crippen molar-refractivity contribution in [3.05, 3.63) is 56.6 Å². The Labute approximate surface area is 231 Å². The molecule has 14 heteroatoms. The number of hydrogen-bond acceptors (Lipinski definition) is 8. The summed E-state index contributed by atoms with van der Waals surface area (Å²) in [5.41, 5.74) is -5.07. The number of allylic oxidation sites excluding steroid dienone is 2. The van der Waals surface area contributed by atoms with Crippen LogP contribution in [-0.2, 0) is 39.6 Å². The zero-order valence-corrected chi connectivity index (χ0v) is 22.6. The molecule has 1 aromatic carbocycles. The van der Waals surface area contributed by atoms with Crippen molar-refractivity contribution in [1.82, 2.24) is 5.32 Å². The number of hydrogen-bond donors (Lipinski definition) is 1. The first kappa shape index (κ1) is 32.7. The number of carbonyl (C=O) groups excluding carboxylic acids is 4. The maximum Gasteiger partial charge on any atom is 0.418 e. The van der Waals surface area contributed by atoms with Crippen molar-refractivity contribution in [1.29, 1.82) is 0 Å².